The molecule has 7 heteroatoms. The molecule has 2 atom stereocenters. The molecule has 1 aliphatic rings. The van der Waals surface area contributed by atoms with Gasteiger partial charge in [-0.25, -0.2) is 4.98 Å². The van der Waals surface area contributed by atoms with Gasteiger partial charge >= 0.3 is 0 Å². The molecule has 1 amide bonds. The van der Waals surface area contributed by atoms with Gasteiger partial charge in [-0.2, -0.15) is 0 Å². The van der Waals surface area contributed by atoms with Crippen LogP contribution in [0.4, 0.5) is 0 Å². The predicted octanol–water partition coefficient (Wildman–Crippen LogP) is 1.61. The van der Waals surface area contributed by atoms with Crippen molar-refractivity contribution in [2.75, 3.05) is 19.8 Å². The van der Waals surface area contributed by atoms with E-state index in [1.165, 1.54) is 12.1 Å². The Morgan fingerprint density at radius 1 is 1.53 bits per heavy atom. The first-order valence-electron chi connectivity index (χ1n) is 5.87. The van der Waals surface area contributed by atoms with Crippen molar-refractivity contribution in [1.29, 1.82) is 0 Å². The number of hydrogen-bond acceptors (Lipinski definition) is 4. The number of rotatable bonds is 2. The lowest BCUT2D eigenvalue weighted by molar-refractivity contribution is -0.0667. The number of aliphatic hydroxyl groups is 1. The summed E-state index contributed by atoms with van der Waals surface area (Å²) < 4.78 is 5.39. The van der Waals surface area contributed by atoms with Gasteiger partial charge in [0, 0.05) is 12.1 Å². The number of amides is 1. The fourth-order valence-corrected chi connectivity index (χ4v) is 2.43. The molecular formula is C12H14Cl2N2O3. The third-order valence-electron chi connectivity index (χ3n) is 2.98. The van der Waals surface area contributed by atoms with Gasteiger partial charge in [0.25, 0.3) is 5.91 Å². The van der Waals surface area contributed by atoms with Crippen molar-refractivity contribution in [2.24, 2.45) is 0 Å². The number of nitrogens with zero attached hydrogens (tertiary/aromatic N) is 2. The molecule has 2 rings (SSSR count). The Kier molecular flexibility index (Phi) is 4.62. The van der Waals surface area contributed by atoms with Gasteiger partial charge in [-0.3, -0.25) is 4.79 Å². The van der Waals surface area contributed by atoms with Crippen LogP contribution in [0, 0.1) is 0 Å². The molecule has 0 bridgehead atoms. The maximum atomic E-state index is 12.4. The smallest absolute Gasteiger partial charge is 0.254 e. The Bertz CT molecular complexity index is 464. The summed E-state index contributed by atoms with van der Waals surface area (Å²) in [6, 6.07) is 2.89. The maximum Gasteiger partial charge on any atom is 0.254 e. The normalized spacial score (nSPS) is 23.5. The minimum Gasteiger partial charge on any atom is -0.394 e. The number of hydrogen-bond donors (Lipinski definition) is 1. The average Bonchev–Trinajstić information content (AvgIpc) is 2.37. The van der Waals surface area contributed by atoms with Gasteiger partial charge in [-0.15, -0.1) is 0 Å². The van der Waals surface area contributed by atoms with Crippen LogP contribution in [-0.4, -0.2) is 52.8 Å². The number of carbonyl (C=O) groups excluding carboxylic acids is 1. The van der Waals surface area contributed by atoms with Crippen LogP contribution in [0.25, 0.3) is 0 Å². The molecule has 0 radical (unpaired) electrons. The molecule has 1 aromatic rings. The summed E-state index contributed by atoms with van der Waals surface area (Å²) in [7, 11) is 0. The number of ether oxygens (including phenoxy) is 1. The maximum absolute atomic E-state index is 12.4. The number of aromatic nitrogens is 1. The van der Waals surface area contributed by atoms with Gasteiger partial charge in [0.1, 0.15) is 10.3 Å². The zero-order valence-corrected chi connectivity index (χ0v) is 11.9. The van der Waals surface area contributed by atoms with E-state index in [-0.39, 0.29) is 35.0 Å². The average molecular weight is 305 g/mol. The third kappa shape index (κ3) is 3.36. The number of carbonyl (C=O) groups is 1. The van der Waals surface area contributed by atoms with Gasteiger partial charge in [-0.1, -0.05) is 23.2 Å². The number of halogens is 2. The first-order chi connectivity index (χ1) is 9.01. The van der Waals surface area contributed by atoms with E-state index in [9.17, 15) is 4.79 Å². The Labute approximate surface area is 121 Å². The summed E-state index contributed by atoms with van der Waals surface area (Å²) in [5.74, 6) is -0.194. The van der Waals surface area contributed by atoms with Gasteiger partial charge in [-0.05, 0) is 19.1 Å². The van der Waals surface area contributed by atoms with Crippen LogP contribution in [0.2, 0.25) is 10.3 Å². The summed E-state index contributed by atoms with van der Waals surface area (Å²) in [5, 5.41) is 9.47. The van der Waals surface area contributed by atoms with Crippen LogP contribution in [0.15, 0.2) is 12.1 Å². The van der Waals surface area contributed by atoms with E-state index in [1.54, 1.807) is 4.90 Å². The zero-order valence-electron chi connectivity index (χ0n) is 10.3. The van der Waals surface area contributed by atoms with Crippen molar-refractivity contribution in [3.05, 3.63) is 28.0 Å². The molecule has 2 heterocycles. The first-order valence-corrected chi connectivity index (χ1v) is 6.63. The lowest BCUT2D eigenvalue weighted by atomic mass is 10.1. The van der Waals surface area contributed by atoms with Crippen molar-refractivity contribution >= 4 is 29.1 Å². The summed E-state index contributed by atoms with van der Waals surface area (Å²) >= 11 is 11.6. The molecule has 1 aromatic heterocycles. The summed E-state index contributed by atoms with van der Waals surface area (Å²) in [5.41, 5.74) is 0.385. The summed E-state index contributed by atoms with van der Waals surface area (Å²) in [6.07, 6.45) is -0.354. The van der Waals surface area contributed by atoms with E-state index >= 15 is 0 Å². The second kappa shape index (κ2) is 6.05. The fourth-order valence-electron chi connectivity index (χ4n) is 1.97. The van der Waals surface area contributed by atoms with Crippen LogP contribution >= 0.6 is 23.2 Å². The molecule has 19 heavy (non-hydrogen) atoms. The summed E-state index contributed by atoms with van der Waals surface area (Å²) in [4.78, 5) is 17.9. The lowest BCUT2D eigenvalue weighted by Gasteiger charge is -2.37. The molecule has 0 aliphatic carbocycles. The Hall–Kier alpha value is -0.880. The van der Waals surface area contributed by atoms with Gasteiger partial charge in [0.05, 0.1) is 25.4 Å². The molecule has 0 aromatic carbocycles. The van der Waals surface area contributed by atoms with E-state index < -0.39 is 0 Å². The molecule has 0 saturated carbocycles. The van der Waals surface area contributed by atoms with Crippen molar-refractivity contribution in [3.8, 4) is 0 Å². The number of pyridine rings is 1. The van der Waals surface area contributed by atoms with Crippen molar-refractivity contribution in [2.45, 2.75) is 19.1 Å². The molecule has 1 saturated heterocycles. The molecule has 1 aliphatic heterocycles. The monoisotopic (exact) mass is 304 g/mol. The van der Waals surface area contributed by atoms with Crippen LogP contribution in [0.5, 0.6) is 0 Å². The minimum absolute atomic E-state index is 0.0685. The first kappa shape index (κ1) is 14.5. The van der Waals surface area contributed by atoms with Gasteiger partial charge in [0.15, 0.2) is 0 Å². The van der Waals surface area contributed by atoms with E-state index in [0.29, 0.717) is 18.7 Å². The van der Waals surface area contributed by atoms with Crippen LogP contribution in [0.1, 0.15) is 17.3 Å². The second-order valence-electron chi connectivity index (χ2n) is 4.45. The Morgan fingerprint density at radius 2 is 2.16 bits per heavy atom. The molecule has 0 spiro atoms. The standard InChI is InChI=1S/C12H14Cl2N2O3/c1-7-6-19-9(5-17)4-16(7)12(18)8-2-10(13)15-11(14)3-8/h2-3,7,9,17H,4-6H2,1H3. The minimum atomic E-state index is -0.354. The Morgan fingerprint density at radius 3 is 2.74 bits per heavy atom. The lowest BCUT2D eigenvalue weighted by Crippen LogP contribution is -2.52. The molecule has 1 fully saturated rings. The van der Waals surface area contributed by atoms with E-state index in [0.717, 1.165) is 0 Å². The van der Waals surface area contributed by atoms with Gasteiger partial charge in [0.2, 0.25) is 0 Å². The highest BCUT2D eigenvalue weighted by atomic mass is 35.5. The molecular weight excluding hydrogens is 291 g/mol. The molecule has 1 N–H and O–H groups in total. The predicted molar refractivity (Wildman–Crippen MR) is 71.6 cm³/mol. The van der Waals surface area contributed by atoms with E-state index in [4.69, 9.17) is 33.0 Å². The topological polar surface area (TPSA) is 62.7 Å². The highest BCUT2D eigenvalue weighted by Crippen LogP contribution is 2.19. The second-order valence-corrected chi connectivity index (χ2v) is 5.22. The highest BCUT2D eigenvalue weighted by molar-refractivity contribution is 6.33. The zero-order chi connectivity index (χ0) is 14.0. The quantitative estimate of drug-likeness (QED) is 0.843. The highest BCUT2D eigenvalue weighted by Gasteiger charge is 2.30. The third-order valence-corrected chi connectivity index (χ3v) is 3.37. The van der Waals surface area contributed by atoms with Crippen LogP contribution in [0.3, 0.4) is 0 Å². The summed E-state index contributed by atoms with van der Waals surface area (Å²) in [6.45, 7) is 2.50. The molecule has 5 nitrogen and oxygen atoms in total. The Balaban J connectivity index is 2.21. The fraction of sp³-hybridized carbons (Fsp3) is 0.500. The van der Waals surface area contributed by atoms with Gasteiger partial charge < -0.3 is 14.7 Å². The van der Waals surface area contributed by atoms with Crippen LogP contribution in [-0.2, 0) is 4.74 Å². The molecule has 2 unspecified atom stereocenters. The number of aliphatic hydroxyl groups excluding tert-OH is 1. The van der Waals surface area contributed by atoms with E-state index in [2.05, 4.69) is 4.98 Å². The van der Waals surface area contributed by atoms with Crippen LogP contribution < -0.4 is 0 Å². The van der Waals surface area contributed by atoms with E-state index in [1.807, 2.05) is 6.92 Å². The molecule has 104 valence electrons. The van der Waals surface area contributed by atoms with Crippen molar-refractivity contribution in [1.82, 2.24) is 9.88 Å². The van der Waals surface area contributed by atoms with Crippen molar-refractivity contribution in [3.63, 3.8) is 0 Å². The van der Waals surface area contributed by atoms with Crippen molar-refractivity contribution < 1.29 is 14.6 Å². The number of morpholine rings is 1. The largest absolute Gasteiger partial charge is 0.394 e. The SMILES string of the molecule is CC1COC(CO)CN1C(=O)c1cc(Cl)nc(Cl)c1.